The zero-order valence-corrected chi connectivity index (χ0v) is 9.32. The van der Waals surface area contributed by atoms with E-state index in [2.05, 4.69) is 26.0 Å². The summed E-state index contributed by atoms with van der Waals surface area (Å²) in [5.41, 5.74) is 3.93. The molecule has 3 heteroatoms. The third-order valence-electron chi connectivity index (χ3n) is 2.75. The van der Waals surface area contributed by atoms with Crippen LogP contribution in [0, 0.1) is 24.0 Å². The number of benzene rings is 1. The van der Waals surface area contributed by atoms with Gasteiger partial charge in [-0.2, -0.15) is 0 Å². The van der Waals surface area contributed by atoms with E-state index in [1.807, 2.05) is 6.07 Å². The summed E-state index contributed by atoms with van der Waals surface area (Å²) < 4.78 is 0. The highest BCUT2D eigenvalue weighted by atomic mass is 16.6. The van der Waals surface area contributed by atoms with Crippen LogP contribution >= 0.6 is 0 Å². The van der Waals surface area contributed by atoms with E-state index in [1.165, 1.54) is 16.7 Å². The SMILES string of the molecule is Cc1cccc(CCCC[N+](=O)[O-])c1C. The van der Waals surface area contributed by atoms with E-state index in [-0.39, 0.29) is 11.5 Å². The maximum atomic E-state index is 10.1. The van der Waals surface area contributed by atoms with Crippen LogP contribution in [-0.4, -0.2) is 11.5 Å². The first-order valence-corrected chi connectivity index (χ1v) is 5.28. The van der Waals surface area contributed by atoms with Crippen LogP contribution in [0.3, 0.4) is 0 Å². The molecule has 1 aromatic rings. The number of rotatable bonds is 5. The highest BCUT2D eigenvalue weighted by Gasteiger charge is 2.02. The Balaban J connectivity index is 2.44. The third kappa shape index (κ3) is 3.70. The summed E-state index contributed by atoms with van der Waals surface area (Å²) in [6.07, 6.45) is 2.51. The predicted octanol–water partition coefficient (Wildman–Crippen LogP) is 2.90. The number of unbranched alkanes of at least 4 members (excludes halogenated alkanes) is 1. The second-order valence-corrected chi connectivity index (χ2v) is 3.87. The molecule has 1 aromatic carbocycles. The minimum Gasteiger partial charge on any atom is -0.265 e. The first kappa shape index (κ1) is 11.7. The standard InChI is InChI=1S/C12H17NO2/c1-10-6-5-8-12(11(10)2)7-3-4-9-13(14)15/h5-6,8H,3-4,7,9H2,1-2H3. The van der Waals surface area contributed by atoms with Gasteiger partial charge < -0.3 is 0 Å². The Hall–Kier alpha value is -1.38. The van der Waals surface area contributed by atoms with E-state index in [0.29, 0.717) is 6.42 Å². The summed E-state index contributed by atoms with van der Waals surface area (Å²) in [5, 5.41) is 10.1. The Bertz CT molecular complexity index is 347. The lowest BCUT2D eigenvalue weighted by molar-refractivity contribution is -0.480. The molecular weight excluding hydrogens is 190 g/mol. The molecule has 0 aliphatic rings. The lowest BCUT2D eigenvalue weighted by Gasteiger charge is -2.07. The van der Waals surface area contributed by atoms with Crippen LogP contribution < -0.4 is 0 Å². The first-order valence-electron chi connectivity index (χ1n) is 5.28. The number of hydrogen-bond acceptors (Lipinski definition) is 2. The van der Waals surface area contributed by atoms with Gasteiger partial charge in [-0.3, -0.25) is 10.1 Å². The van der Waals surface area contributed by atoms with Crippen LogP contribution in [0.15, 0.2) is 18.2 Å². The highest BCUT2D eigenvalue weighted by molar-refractivity contribution is 5.33. The highest BCUT2D eigenvalue weighted by Crippen LogP contribution is 2.14. The van der Waals surface area contributed by atoms with Crippen LogP contribution in [-0.2, 0) is 6.42 Å². The molecule has 0 aliphatic heterocycles. The topological polar surface area (TPSA) is 43.1 Å². The number of aryl methyl sites for hydroxylation is 2. The average Bonchev–Trinajstić information content (AvgIpc) is 2.18. The molecule has 0 unspecified atom stereocenters. The van der Waals surface area contributed by atoms with Gasteiger partial charge in [-0.05, 0) is 43.4 Å². The summed E-state index contributed by atoms with van der Waals surface area (Å²) in [7, 11) is 0. The molecule has 0 spiro atoms. The Morgan fingerprint density at radius 2 is 2.00 bits per heavy atom. The quantitative estimate of drug-likeness (QED) is 0.423. The molecule has 0 aromatic heterocycles. The van der Waals surface area contributed by atoms with E-state index in [9.17, 15) is 10.1 Å². The molecular formula is C12H17NO2. The van der Waals surface area contributed by atoms with E-state index >= 15 is 0 Å². The van der Waals surface area contributed by atoms with Crippen LogP contribution in [0.25, 0.3) is 0 Å². The molecule has 1 rings (SSSR count). The van der Waals surface area contributed by atoms with Crippen molar-refractivity contribution >= 4 is 0 Å². The second-order valence-electron chi connectivity index (χ2n) is 3.87. The zero-order valence-electron chi connectivity index (χ0n) is 9.32. The third-order valence-corrected chi connectivity index (χ3v) is 2.75. The maximum absolute atomic E-state index is 10.1. The molecule has 15 heavy (non-hydrogen) atoms. The fraction of sp³-hybridized carbons (Fsp3) is 0.500. The van der Waals surface area contributed by atoms with E-state index in [0.717, 1.165) is 12.8 Å². The smallest absolute Gasteiger partial charge is 0.203 e. The predicted molar refractivity (Wildman–Crippen MR) is 60.7 cm³/mol. The number of nitrogens with zero attached hydrogens (tertiary/aromatic N) is 1. The molecule has 0 bridgehead atoms. The molecule has 0 aliphatic carbocycles. The van der Waals surface area contributed by atoms with Crippen molar-refractivity contribution in [2.24, 2.45) is 0 Å². The molecule has 0 heterocycles. The van der Waals surface area contributed by atoms with Gasteiger partial charge in [-0.1, -0.05) is 18.2 Å². The van der Waals surface area contributed by atoms with Gasteiger partial charge in [-0.15, -0.1) is 0 Å². The fourth-order valence-electron chi connectivity index (χ4n) is 1.64. The van der Waals surface area contributed by atoms with Crippen molar-refractivity contribution in [2.75, 3.05) is 6.54 Å². The van der Waals surface area contributed by atoms with Crippen LogP contribution in [0.1, 0.15) is 29.5 Å². The minimum atomic E-state index is -0.247. The number of nitro groups is 1. The normalized spacial score (nSPS) is 10.3. The van der Waals surface area contributed by atoms with E-state index in [1.54, 1.807) is 0 Å². The van der Waals surface area contributed by atoms with Gasteiger partial charge in [0.1, 0.15) is 0 Å². The maximum Gasteiger partial charge on any atom is 0.203 e. The molecule has 0 fully saturated rings. The van der Waals surface area contributed by atoms with Crippen LogP contribution in [0.4, 0.5) is 0 Å². The molecule has 0 atom stereocenters. The zero-order chi connectivity index (χ0) is 11.3. The summed E-state index contributed by atoms with van der Waals surface area (Å²) >= 11 is 0. The van der Waals surface area contributed by atoms with Crippen molar-refractivity contribution in [3.8, 4) is 0 Å². The van der Waals surface area contributed by atoms with E-state index in [4.69, 9.17) is 0 Å². The monoisotopic (exact) mass is 207 g/mol. The van der Waals surface area contributed by atoms with Gasteiger partial charge in [0.2, 0.25) is 6.54 Å². The average molecular weight is 207 g/mol. The van der Waals surface area contributed by atoms with Crippen molar-refractivity contribution in [2.45, 2.75) is 33.1 Å². The van der Waals surface area contributed by atoms with Crippen LogP contribution in [0.5, 0.6) is 0 Å². The summed E-state index contributed by atoms with van der Waals surface area (Å²) in [6, 6.07) is 6.25. The van der Waals surface area contributed by atoms with Gasteiger partial charge in [0.05, 0.1) is 0 Å². The second kappa shape index (κ2) is 5.49. The van der Waals surface area contributed by atoms with Crippen molar-refractivity contribution in [3.05, 3.63) is 45.0 Å². The molecule has 0 radical (unpaired) electrons. The van der Waals surface area contributed by atoms with Gasteiger partial charge in [0, 0.05) is 11.3 Å². The van der Waals surface area contributed by atoms with Crippen LogP contribution in [0.2, 0.25) is 0 Å². The Labute approximate surface area is 90.3 Å². The van der Waals surface area contributed by atoms with Gasteiger partial charge in [-0.25, -0.2) is 0 Å². The van der Waals surface area contributed by atoms with E-state index < -0.39 is 0 Å². The summed E-state index contributed by atoms with van der Waals surface area (Å²) in [4.78, 5) is 9.89. The Kier molecular flexibility index (Phi) is 4.28. The van der Waals surface area contributed by atoms with Crippen molar-refractivity contribution in [3.63, 3.8) is 0 Å². The molecule has 0 saturated carbocycles. The Morgan fingerprint density at radius 3 is 2.67 bits per heavy atom. The molecule has 82 valence electrons. The first-order chi connectivity index (χ1) is 7.11. The van der Waals surface area contributed by atoms with Gasteiger partial charge >= 0.3 is 0 Å². The minimum absolute atomic E-state index is 0.0882. The Morgan fingerprint density at radius 1 is 1.27 bits per heavy atom. The summed E-state index contributed by atoms with van der Waals surface area (Å²) in [5.74, 6) is 0. The molecule has 3 nitrogen and oxygen atoms in total. The van der Waals surface area contributed by atoms with Crippen molar-refractivity contribution < 1.29 is 4.92 Å². The molecule has 0 amide bonds. The van der Waals surface area contributed by atoms with Crippen molar-refractivity contribution in [1.82, 2.24) is 0 Å². The molecule has 0 N–H and O–H groups in total. The fourth-order valence-corrected chi connectivity index (χ4v) is 1.64. The van der Waals surface area contributed by atoms with Gasteiger partial charge in [0.25, 0.3) is 0 Å². The lowest BCUT2D eigenvalue weighted by Crippen LogP contribution is -2.01. The lowest BCUT2D eigenvalue weighted by atomic mass is 9.99. The largest absolute Gasteiger partial charge is 0.265 e. The van der Waals surface area contributed by atoms with Gasteiger partial charge in [0.15, 0.2) is 0 Å². The molecule has 0 saturated heterocycles. The number of hydrogen-bond donors (Lipinski definition) is 0. The summed E-state index contributed by atoms with van der Waals surface area (Å²) in [6.45, 7) is 4.29. The van der Waals surface area contributed by atoms with Crippen molar-refractivity contribution in [1.29, 1.82) is 0 Å².